The molecule has 2 heterocycles. The van der Waals surface area contributed by atoms with Gasteiger partial charge in [0, 0.05) is 11.9 Å². The number of nitrogens with zero attached hydrogens (tertiary/aromatic N) is 3. The molecule has 5 nitrogen and oxygen atoms in total. The average molecular weight is 362 g/mol. The molecular weight excluding hydrogens is 343 g/mol. The van der Waals surface area contributed by atoms with Crippen LogP contribution in [0.3, 0.4) is 0 Å². The topological polar surface area (TPSA) is 59.8 Å². The highest BCUT2D eigenvalue weighted by Crippen LogP contribution is 2.27. The molecule has 0 spiro atoms. The summed E-state index contributed by atoms with van der Waals surface area (Å²) in [7, 11) is 0. The number of halogens is 1. The summed E-state index contributed by atoms with van der Waals surface area (Å²) in [5, 5.41) is 8.99. The SMILES string of the molecule is CC(C)Cn1nc(NC(=O)c2ccccc2F)c2cc3ccccc3nc21. The Morgan fingerprint density at radius 1 is 1.15 bits per heavy atom. The van der Waals surface area contributed by atoms with Crippen LogP contribution in [0.15, 0.2) is 54.6 Å². The van der Waals surface area contributed by atoms with Crippen LogP contribution >= 0.6 is 0 Å². The molecule has 0 aliphatic heterocycles. The molecule has 0 fully saturated rings. The number of benzene rings is 2. The van der Waals surface area contributed by atoms with Crippen LogP contribution in [0.4, 0.5) is 10.2 Å². The molecule has 0 bridgehead atoms. The lowest BCUT2D eigenvalue weighted by Gasteiger charge is -2.06. The van der Waals surface area contributed by atoms with Gasteiger partial charge in [-0.2, -0.15) is 5.10 Å². The average Bonchev–Trinajstić information content (AvgIpc) is 2.96. The van der Waals surface area contributed by atoms with E-state index in [-0.39, 0.29) is 5.56 Å². The van der Waals surface area contributed by atoms with Gasteiger partial charge in [0.05, 0.1) is 16.5 Å². The van der Waals surface area contributed by atoms with Gasteiger partial charge in [0.1, 0.15) is 5.82 Å². The predicted molar refractivity (Wildman–Crippen MR) is 104 cm³/mol. The lowest BCUT2D eigenvalue weighted by molar-refractivity contribution is 0.102. The van der Waals surface area contributed by atoms with Crippen molar-refractivity contribution in [2.75, 3.05) is 5.32 Å². The summed E-state index contributed by atoms with van der Waals surface area (Å²) < 4.78 is 15.7. The lowest BCUT2D eigenvalue weighted by atomic mass is 10.1. The zero-order chi connectivity index (χ0) is 19.0. The van der Waals surface area contributed by atoms with Crippen molar-refractivity contribution in [1.29, 1.82) is 0 Å². The summed E-state index contributed by atoms with van der Waals surface area (Å²) in [6.45, 7) is 4.84. The summed E-state index contributed by atoms with van der Waals surface area (Å²) >= 11 is 0. The van der Waals surface area contributed by atoms with Gasteiger partial charge in [-0.3, -0.25) is 4.79 Å². The Kier molecular flexibility index (Phi) is 4.32. The summed E-state index contributed by atoms with van der Waals surface area (Å²) in [6.07, 6.45) is 0. The van der Waals surface area contributed by atoms with E-state index >= 15 is 0 Å². The minimum absolute atomic E-state index is 0.0159. The first-order valence-corrected chi connectivity index (χ1v) is 8.85. The molecule has 0 radical (unpaired) electrons. The van der Waals surface area contributed by atoms with Gasteiger partial charge in [-0.1, -0.05) is 44.2 Å². The van der Waals surface area contributed by atoms with Crippen LogP contribution in [0.5, 0.6) is 0 Å². The van der Waals surface area contributed by atoms with Crippen molar-refractivity contribution in [3.05, 3.63) is 66.0 Å². The van der Waals surface area contributed by atoms with E-state index in [1.54, 1.807) is 16.8 Å². The maximum atomic E-state index is 13.9. The fourth-order valence-electron chi connectivity index (χ4n) is 3.08. The highest BCUT2D eigenvalue weighted by molar-refractivity contribution is 6.09. The maximum absolute atomic E-state index is 13.9. The second kappa shape index (κ2) is 6.79. The number of fused-ring (bicyclic) bond motifs is 2. The Hall–Kier alpha value is -3.28. The van der Waals surface area contributed by atoms with E-state index in [1.165, 1.54) is 12.1 Å². The Bertz CT molecular complexity index is 1150. The van der Waals surface area contributed by atoms with Crippen LogP contribution in [0.25, 0.3) is 21.9 Å². The molecule has 2 aromatic carbocycles. The third-order valence-electron chi connectivity index (χ3n) is 4.31. The first-order chi connectivity index (χ1) is 13.0. The fraction of sp³-hybridized carbons (Fsp3) is 0.190. The molecule has 0 saturated carbocycles. The molecule has 0 aliphatic carbocycles. The smallest absolute Gasteiger partial charge is 0.259 e. The van der Waals surface area contributed by atoms with E-state index in [0.29, 0.717) is 23.9 Å². The number of aromatic nitrogens is 3. The molecule has 0 saturated heterocycles. The molecule has 0 atom stereocenters. The number of para-hydroxylation sites is 1. The van der Waals surface area contributed by atoms with Gasteiger partial charge in [-0.15, -0.1) is 0 Å². The Morgan fingerprint density at radius 3 is 2.67 bits per heavy atom. The third kappa shape index (κ3) is 3.26. The van der Waals surface area contributed by atoms with Crippen LogP contribution < -0.4 is 5.32 Å². The molecule has 1 amide bonds. The van der Waals surface area contributed by atoms with Crippen molar-refractivity contribution in [1.82, 2.24) is 14.8 Å². The zero-order valence-electron chi connectivity index (χ0n) is 15.1. The van der Waals surface area contributed by atoms with Crippen molar-refractivity contribution < 1.29 is 9.18 Å². The van der Waals surface area contributed by atoms with Crippen molar-refractivity contribution in [2.45, 2.75) is 20.4 Å². The number of carbonyl (C=O) groups is 1. The Balaban J connectivity index is 1.83. The summed E-state index contributed by atoms with van der Waals surface area (Å²) in [5.74, 6) is -0.351. The zero-order valence-corrected chi connectivity index (χ0v) is 15.1. The number of pyridine rings is 1. The first-order valence-electron chi connectivity index (χ1n) is 8.85. The van der Waals surface area contributed by atoms with E-state index in [9.17, 15) is 9.18 Å². The monoisotopic (exact) mass is 362 g/mol. The van der Waals surface area contributed by atoms with Crippen LogP contribution in [0, 0.1) is 11.7 Å². The van der Waals surface area contributed by atoms with Gasteiger partial charge in [0.25, 0.3) is 5.91 Å². The molecular formula is C21H19FN4O. The Labute approximate surface area is 155 Å². The molecule has 1 N–H and O–H groups in total. The van der Waals surface area contributed by atoms with Gasteiger partial charge in [-0.25, -0.2) is 14.1 Å². The highest BCUT2D eigenvalue weighted by Gasteiger charge is 2.18. The second-order valence-electron chi connectivity index (χ2n) is 6.91. The first kappa shape index (κ1) is 17.1. The van der Waals surface area contributed by atoms with E-state index < -0.39 is 11.7 Å². The molecule has 4 aromatic rings. The number of amides is 1. The maximum Gasteiger partial charge on any atom is 0.259 e. The summed E-state index contributed by atoms with van der Waals surface area (Å²) in [6, 6.07) is 15.6. The summed E-state index contributed by atoms with van der Waals surface area (Å²) in [4.78, 5) is 17.3. The van der Waals surface area contributed by atoms with Gasteiger partial charge in [-0.05, 0) is 30.2 Å². The number of hydrogen-bond donors (Lipinski definition) is 1. The number of hydrogen-bond acceptors (Lipinski definition) is 3. The molecule has 0 unspecified atom stereocenters. The van der Waals surface area contributed by atoms with Gasteiger partial charge in [0.2, 0.25) is 0 Å². The normalized spacial score (nSPS) is 11.4. The Morgan fingerprint density at radius 2 is 1.89 bits per heavy atom. The summed E-state index contributed by atoms with van der Waals surface area (Å²) in [5.41, 5.74) is 1.55. The van der Waals surface area contributed by atoms with Crippen LogP contribution in [-0.2, 0) is 6.54 Å². The van der Waals surface area contributed by atoms with Crippen molar-refractivity contribution in [2.24, 2.45) is 5.92 Å². The fourth-order valence-corrected chi connectivity index (χ4v) is 3.08. The molecule has 2 aromatic heterocycles. The highest BCUT2D eigenvalue weighted by atomic mass is 19.1. The molecule has 136 valence electrons. The van der Waals surface area contributed by atoms with Gasteiger partial charge >= 0.3 is 0 Å². The van der Waals surface area contributed by atoms with Crippen molar-refractivity contribution >= 4 is 33.7 Å². The third-order valence-corrected chi connectivity index (χ3v) is 4.31. The molecule has 0 aliphatic rings. The van der Waals surface area contributed by atoms with Gasteiger partial charge in [0.15, 0.2) is 11.5 Å². The van der Waals surface area contributed by atoms with Crippen LogP contribution in [0.1, 0.15) is 24.2 Å². The molecule has 4 rings (SSSR count). The van der Waals surface area contributed by atoms with Crippen LogP contribution in [-0.4, -0.2) is 20.7 Å². The largest absolute Gasteiger partial charge is 0.304 e. The number of nitrogens with one attached hydrogen (secondary N) is 1. The van der Waals surface area contributed by atoms with E-state index in [0.717, 1.165) is 16.3 Å². The minimum atomic E-state index is -0.565. The number of anilines is 1. The van der Waals surface area contributed by atoms with Crippen LogP contribution in [0.2, 0.25) is 0 Å². The molecule has 6 heteroatoms. The lowest BCUT2D eigenvalue weighted by Crippen LogP contribution is -2.15. The number of rotatable bonds is 4. The minimum Gasteiger partial charge on any atom is -0.304 e. The second-order valence-corrected chi connectivity index (χ2v) is 6.91. The van der Waals surface area contributed by atoms with Crippen molar-refractivity contribution in [3.8, 4) is 0 Å². The predicted octanol–water partition coefficient (Wildman–Crippen LogP) is 4.63. The molecule has 27 heavy (non-hydrogen) atoms. The number of carbonyl (C=O) groups excluding carboxylic acids is 1. The van der Waals surface area contributed by atoms with Crippen molar-refractivity contribution in [3.63, 3.8) is 0 Å². The van der Waals surface area contributed by atoms with E-state index in [4.69, 9.17) is 4.98 Å². The quantitative estimate of drug-likeness (QED) is 0.576. The standard InChI is InChI=1S/C21H19FN4O/c1-13(2)12-26-20-16(11-14-7-3-6-10-18(14)23-20)19(25-26)24-21(27)15-8-4-5-9-17(15)22/h3-11,13H,12H2,1-2H3,(H,24,25,27). The van der Waals surface area contributed by atoms with E-state index in [2.05, 4.69) is 24.3 Å². The van der Waals surface area contributed by atoms with Gasteiger partial charge < -0.3 is 5.32 Å². The van der Waals surface area contributed by atoms with E-state index in [1.807, 2.05) is 30.3 Å².